The number of pyridine rings is 1. The molecule has 0 N–H and O–H groups in total. The fourth-order valence-corrected chi connectivity index (χ4v) is 3.68. The van der Waals surface area contributed by atoms with Crippen molar-refractivity contribution in [3.05, 3.63) is 30.1 Å². The number of hydrogen-bond acceptors (Lipinski definition) is 5. The van der Waals surface area contributed by atoms with Crippen LogP contribution in [0.3, 0.4) is 0 Å². The van der Waals surface area contributed by atoms with Gasteiger partial charge in [-0.15, -0.1) is 4.31 Å². The molecule has 3 heterocycles. The summed E-state index contributed by atoms with van der Waals surface area (Å²) in [4.78, 5) is 9.88. The van der Waals surface area contributed by atoms with E-state index in [9.17, 15) is 8.76 Å². The molecule has 108 valence electrons. The minimum atomic E-state index is -3.18. The molecule has 2 aliphatic heterocycles. The Labute approximate surface area is 119 Å². The summed E-state index contributed by atoms with van der Waals surface area (Å²) in [6, 6.07) is 5.64. The molecule has 1 aromatic heterocycles. The van der Waals surface area contributed by atoms with Gasteiger partial charge in [0, 0.05) is 19.2 Å². The molecule has 0 bridgehead atoms. The topological polar surface area (TPSA) is 77.9 Å². The van der Waals surface area contributed by atoms with Crippen molar-refractivity contribution in [3.8, 4) is 0 Å². The van der Waals surface area contributed by atoms with E-state index in [1.54, 1.807) is 6.20 Å². The zero-order chi connectivity index (χ0) is 14.2. The molecule has 0 radical (unpaired) electrons. The predicted octanol–water partition coefficient (Wildman–Crippen LogP) is 1.22. The van der Waals surface area contributed by atoms with E-state index in [2.05, 4.69) is 10.1 Å². The average molecular weight is 295 g/mol. The molecule has 20 heavy (non-hydrogen) atoms. The number of sulfonamides is 1. The second kappa shape index (κ2) is 4.91. The first kappa shape index (κ1) is 13.7. The molecule has 1 saturated heterocycles. The van der Waals surface area contributed by atoms with Crippen molar-refractivity contribution in [2.45, 2.75) is 24.9 Å². The predicted molar refractivity (Wildman–Crippen MR) is 74.8 cm³/mol. The maximum Gasteiger partial charge on any atom is 0.160 e. The Bertz CT molecular complexity index is 571. The first-order chi connectivity index (χ1) is 9.49. The molecular formula is C13H17N3O3S. The van der Waals surface area contributed by atoms with Gasteiger partial charge in [0.05, 0.1) is 12.2 Å². The lowest BCUT2D eigenvalue weighted by Crippen LogP contribution is -2.51. The molecule has 1 aromatic rings. The van der Waals surface area contributed by atoms with Gasteiger partial charge in [0.15, 0.2) is 5.60 Å². The summed E-state index contributed by atoms with van der Waals surface area (Å²) < 4.78 is 24.9. The highest BCUT2D eigenvalue weighted by Gasteiger charge is 2.46. The highest BCUT2D eigenvalue weighted by Crippen LogP contribution is 2.35. The maximum absolute atomic E-state index is 11.7. The second-order valence-electron chi connectivity index (χ2n) is 5.40. The monoisotopic (exact) mass is 295 g/mol. The van der Waals surface area contributed by atoms with Gasteiger partial charge < -0.3 is 9.39 Å². The van der Waals surface area contributed by atoms with Crippen LogP contribution in [0.15, 0.2) is 29.6 Å². The number of oxime groups is 1. The van der Waals surface area contributed by atoms with E-state index in [1.807, 2.05) is 18.2 Å². The summed E-state index contributed by atoms with van der Waals surface area (Å²) >= 11 is 0. The van der Waals surface area contributed by atoms with Crippen LogP contribution in [0.2, 0.25) is 0 Å². The smallest absolute Gasteiger partial charge is 0.160 e. The van der Waals surface area contributed by atoms with Gasteiger partial charge in [0.1, 0.15) is 22.4 Å². The molecule has 7 heteroatoms. The van der Waals surface area contributed by atoms with E-state index in [0.29, 0.717) is 19.5 Å². The molecule has 0 aromatic carbocycles. The van der Waals surface area contributed by atoms with E-state index < -0.39 is 16.0 Å². The average Bonchev–Trinajstić information content (AvgIpc) is 2.83. The van der Waals surface area contributed by atoms with E-state index in [1.165, 1.54) is 10.6 Å². The third kappa shape index (κ3) is 2.61. The van der Waals surface area contributed by atoms with E-state index >= 15 is 0 Å². The standard InChI is InChI=1S/C13H17N3O3S/c1-20(17,18)16-8-4-6-13(10-16)9-12(15-19-13)11-5-2-3-7-14-11/h2-3,5,7H,4,6,8-10H2,1H3. The van der Waals surface area contributed by atoms with Gasteiger partial charge in [-0.2, -0.15) is 0 Å². The number of rotatable bonds is 2. The fraction of sp³-hybridized carbons (Fsp3) is 0.538. The lowest BCUT2D eigenvalue weighted by atomic mass is 9.88. The van der Waals surface area contributed by atoms with Crippen molar-refractivity contribution < 1.29 is 13.6 Å². The third-order valence-corrected chi connectivity index (χ3v) is 5.02. The van der Waals surface area contributed by atoms with Crippen molar-refractivity contribution in [3.63, 3.8) is 0 Å². The van der Waals surface area contributed by atoms with Crippen molar-refractivity contribution >= 4 is 16.1 Å². The van der Waals surface area contributed by atoms with Gasteiger partial charge in [0.2, 0.25) is 0 Å². The van der Waals surface area contributed by atoms with Gasteiger partial charge in [-0.1, -0.05) is 15.4 Å². The van der Waals surface area contributed by atoms with Crippen molar-refractivity contribution in [1.82, 2.24) is 9.29 Å². The highest BCUT2D eigenvalue weighted by molar-refractivity contribution is 7.94. The molecule has 0 aliphatic carbocycles. The first-order valence-corrected chi connectivity index (χ1v) is 8.45. The number of aromatic nitrogens is 1. The molecular weight excluding hydrogens is 278 g/mol. The lowest BCUT2D eigenvalue weighted by Gasteiger charge is -2.37. The SMILES string of the molecule is C[S+](=O)([O-])N1CCCC2(CC(c3ccccn3)=NO2)C1. The summed E-state index contributed by atoms with van der Waals surface area (Å²) in [7, 11) is -3.18. The Morgan fingerprint density at radius 3 is 3.05 bits per heavy atom. The highest BCUT2D eigenvalue weighted by atomic mass is 32.3. The molecule has 1 spiro atoms. The van der Waals surface area contributed by atoms with Crippen LogP contribution in [0.1, 0.15) is 25.0 Å². The van der Waals surface area contributed by atoms with E-state index in [-0.39, 0.29) is 0 Å². The van der Waals surface area contributed by atoms with Crippen LogP contribution in [-0.2, 0) is 19.4 Å². The van der Waals surface area contributed by atoms with E-state index in [4.69, 9.17) is 4.84 Å². The summed E-state index contributed by atoms with van der Waals surface area (Å²) in [5.41, 5.74) is 1.07. The van der Waals surface area contributed by atoms with Gasteiger partial charge in [-0.25, -0.2) is 0 Å². The van der Waals surface area contributed by atoms with Crippen LogP contribution in [0.4, 0.5) is 0 Å². The van der Waals surface area contributed by atoms with Crippen LogP contribution in [-0.4, -0.2) is 44.5 Å². The largest absolute Gasteiger partial charge is 0.598 e. The van der Waals surface area contributed by atoms with Gasteiger partial charge >= 0.3 is 0 Å². The summed E-state index contributed by atoms with van der Waals surface area (Å²) in [5, 5.41) is 4.13. The van der Waals surface area contributed by atoms with Gasteiger partial charge in [-0.3, -0.25) is 4.98 Å². The molecule has 2 atom stereocenters. The maximum atomic E-state index is 11.7. The Kier molecular flexibility index (Phi) is 3.35. The first-order valence-electron chi connectivity index (χ1n) is 6.60. The van der Waals surface area contributed by atoms with Crippen molar-refractivity contribution in [2.24, 2.45) is 5.16 Å². The summed E-state index contributed by atoms with van der Waals surface area (Å²) in [6.45, 7) is 0.925. The molecule has 0 amide bonds. The van der Waals surface area contributed by atoms with Gasteiger partial charge in [-0.05, 0) is 25.0 Å². The van der Waals surface area contributed by atoms with Crippen LogP contribution >= 0.6 is 0 Å². The minimum Gasteiger partial charge on any atom is -0.598 e. The second-order valence-corrected chi connectivity index (χ2v) is 7.39. The minimum absolute atomic E-state index is 0.367. The number of piperidine rings is 1. The zero-order valence-corrected chi connectivity index (χ0v) is 12.1. The normalized spacial score (nSPS) is 29.8. The molecule has 1 fully saturated rings. The van der Waals surface area contributed by atoms with Crippen LogP contribution < -0.4 is 0 Å². The Hall–Kier alpha value is -1.31. The molecule has 2 unspecified atom stereocenters. The van der Waals surface area contributed by atoms with Crippen molar-refractivity contribution in [1.29, 1.82) is 0 Å². The van der Waals surface area contributed by atoms with Crippen LogP contribution in [0.25, 0.3) is 0 Å². The Balaban J connectivity index is 1.76. The lowest BCUT2D eigenvalue weighted by molar-refractivity contribution is -0.0532. The Morgan fingerprint density at radius 1 is 1.50 bits per heavy atom. The van der Waals surface area contributed by atoms with Crippen LogP contribution in [0.5, 0.6) is 0 Å². The van der Waals surface area contributed by atoms with Crippen LogP contribution in [0, 0.1) is 0 Å². The molecule has 6 nitrogen and oxygen atoms in total. The zero-order valence-electron chi connectivity index (χ0n) is 11.3. The number of hydrogen-bond donors (Lipinski definition) is 0. The molecule has 3 rings (SSSR count). The quantitative estimate of drug-likeness (QED) is 0.768. The Morgan fingerprint density at radius 2 is 2.35 bits per heavy atom. The fourth-order valence-electron chi connectivity index (χ4n) is 2.75. The summed E-state index contributed by atoms with van der Waals surface area (Å²) in [6.07, 6.45) is 5.17. The molecule has 0 saturated carbocycles. The van der Waals surface area contributed by atoms with Gasteiger partial charge in [0.25, 0.3) is 0 Å². The third-order valence-electron chi connectivity index (χ3n) is 3.77. The molecule has 2 aliphatic rings. The summed E-state index contributed by atoms with van der Waals surface area (Å²) in [5.74, 6) is 0. The number of nitrogens with zero attached hydrogens (tertiary/aromatic N) is 3. The van der Waals surface area contributed by atoms with E-state index in [0.717, 1.165) is 24.2 Å². The van der Waals surface area contributed by atoms with Crippen molar-refractivity contribution in [2.75, 3.05) is 19.3 Å².